The van der Waals surface area contributed by atoms with Gasteiger partial charge in [0.05, 0.1) is 5.56 Å². The fourth-order valence-corrected chi connectivity index (χ4v) is 7.31. The Morgan fingerprint density at radius 2 is 1.83 bits per heavy atom. The number of halogens is 3. The predicted octanol–water partition coefficient (Wildman–Crippen LogP) is 7.70. The van der Waals surface area contributed by atoms with Crippen molar-refractivity contribution >= 4 is 16.8 Å². The van der Waals surface area contributed by atoms with Gasteiger partial charge in [0.15, 0.2) is 0 Å². The molecule has 3 nitrogen and oxygen atoms in total. The molecule has 5 rings (SSSR count). The molecule has 1 amide bonds. The van der Waals surface area contributed by atoms with Crippen LogP contribution in [0.5, 0.6) is 0 Å². The molecule has 2 fully saturated rings. The summed E-state index contributed by atoms with van der Waals surface area (Å²) in [6, 6.07) is 11.8. The maximum absolute atomic E-state index is 14.1. The summed E-state index contributed by atoms with van der Waals surface area (Å²) in [5, 5.41) is 0.886. The Labute approximate surface area is 211 Å². The Balaban J connectivity index is 1.58. The van der Waals surface area contributed by atoms with Crippen LogP contribution in [-0.4, -0.2) is 28.4 Å². The molecule has 3 atom stereocenters. The molecule has 6 heteroatoms. The van der Waals surface area contributed by atoms with E-state index in [0.29, 0.717) is 6.54 Å². The number of carbonyl (C=O) groups is 1. The molecule has 1 aliphatic heterocycles. The highest BCUT2D eigenvalue weighted by molar-refractivity contribution is 5.88. The van der Waals surface area contributed by atoms with Crippen LogP contribution in [0.15, 0.2) is 48.7 Å². The van der Waals surface area contributed by atoms with Crippen molar-refractivity contribution in [2.75, 3.05) is 6.54 Å². The third-order valence-corrected chi connectivity index (χ3v) is 8.35. The molecule has 192 valence electrons. The zero-order valence-corrected chi connectivity index (χ0v) is 21.5. The summed E-state index contributed by atoms with van der Waals surface area (Å²) in [5.74, 6) is -0.748. The zero-order chi connectivity index (χ0) is 25.9. The number of likely N-dealkylation sites (tertiary alicyclic amines) is 1. The fraction of sp³-hybridized carbons (Fsp3) is 0.500. The van der Waals surface area contributed by atoms with Crippen molar-refractivity contribution < 1.29 is 18.0 Å². The minimum absolute atomic E-state index is 0.0173. The van der Waals surface area contributed by atoms with Gasteiger partial charge in [-0.25, -0.2) is 0 Å². The number of para-hydroxylation sites is 1. The number of aromatic nitrogens is 1. The monoisotopic (exact) mass is 496 g/mol. The number of amides is 1. The minimum Gasteiger partial charge on any atom is -0.361 e. The van der Waals surface area contributed by atoms with Crippen LogP contribution < -0.4 is 0 Å². The molecule has 2 heterocycles. The van der Waals surface area contributed by atoms with E-state index in [9.17, 15) is 18.0 Å². The van der Waals surface area contributed by atoms with E-state index in [0.717, 1.165) is 53.8 Å². The second-order valence-corrected chi connectivity index (χ2v) is 12.0. The molecular weight excluding hydrogens is 461 g/mol. The number of alkyl halides is 3. The number of benzene rings is 2. The number of carbonyl (C=O) groups excluding carboxylic acids is 1. The second-order valence-electron chi connectivity index (χ2n) is 12.0. The highest BCUT2D eigenvalue weighted by atomic mass is 19.4. The van der Waals surface area contributed by atoms with Gasteiger partial charge in [0, 0.05) is 42.0 Å². The highest BCUT2D eigenvalue weighted by Crippen LogP contribution is 2.53. The highest BCUT2D eigenvalue weighted by Gasteiger charge is 2.51. The van der Waals surface area contributed by atoms with Crippen LogP contribution in [0.25, 0.3) is 10.9 Å². The van der Waals surface area contributed by atoms with Gasteiger partial charge in [-0.05, 0) is 59.3 Å². The standard InChI is InChI=1S/C30H35F3N2O/c1-5-19-9-8-11-22-24(16-34-27(19)22)23(21-10-6-7-12-25(21)30(31,32)33)13-26(36)35-18-29(4)15-20(35)14-28(2,3)17-29/h6-12,16,20,23,34H,5,13-15,17-18H2,1-4H3. The molecule has 0 spiro atoms. The van der Waals surface area contributed by atoms with E-state index in [2.05, 4.69) is 32.7 Å². The van der Waals surface area contributed by atoms with E-state index in [1.807, 2.05) is 29.3 Å². The Bertz CT molecular complexity index is 1290. The summed E-state index contributed by atoms with van der Waals surface area (Å²) in [7, 11) is 0. The average molecular weight is 497 g/mol. The van der Waals surface area contributed by atoms with Crippen molar-refractivity contribution in [2.24, 2.45) is 10.8 Å². The number of nitrogens with one attached hydrogen (secondary N) is 1. The number of rotatable bonds is 5. The Kier molecular flexibility index (Phi) is 6.00. The van der Waals surface area contributed by atoms with E-state index < -0.39 is 17.7 Å². The van der Waals surface area contributed by atoms with Crippen molar-refractivity contribution in [3.63, 3.8) is 0 Å². The van der Waals surface area contributed by atoms with Gasteiger partial charge in [0.1, 0.15) is 0 Å². The van der Waals surface area contributed by atoms with Crippen LogP contribution in [0.3, 0.4) is 0 Å². The first-order chi connectivity index (χ1) is 16.9. The molecular formula is C30H35F3N2O. The summed E-state index contributed by atoms with van der Waals surface area (Å²) in [6.45, 7) is 9.50. The van der Waals surface area contributed by atoms with Crippen molar-refractivity contribution in [3.05, 3.63) is 70.9 Å². The summed E-state index contributed by atoms with van der Waals surface area (Å²) >= 11 is 0. The van der Waals surface area contributed by atoms with Gasteiger partial charge >= 0.3 is 6.18 Å². The first-order valence-corrected chi connectivity index (χ1v) is 13.0. The van der Waals surface area contributed by atoms with Gasteiger partial charge in [-0.2, -0.15) is 13.2 Å². The van der Waals surface area contributed by atoms with Gasteiger partial charge in [-0.3, -0.25) is 4.79 Å². The lowest BCUT2D eigenvalue weighted by Gasteiger charge is -2.39. The molecule has 3 aromatic rings. The smallest absolute Gasteiger partial charge is 0.361 e. The number of aromatic amines is 1. The summed E-state index contributed by atoms with van der Waals surface area (Å²) in [6.07, 6.45) is 1.10. The number of nitrogens with zero attached hydrogens (tertiary/aromatic N) is 1. The zero-order valence-electron chi connectivity index (χ0n) is 21.5. The molecule has 3 unspecified atom stereocenters. The number of hydrogen-bond donors (Lipinski definition) is 1. The van der Waals surface area contributed by atoms with Crippen LogP contribution in [-0.2, 0) is 17.4 Å². The van der Waals surface area contributed by atoms with Crippen LogP contribution in [0.1, 0.15) is 81.5 Å². The van der Waals surface area contributed by atoms with E-state index >= 15 is 0 Å². The van der Waals surface area contributed by atoms with E-state index in [-0.39, 0.29) is 34.8 Å². The second kappa shape index (κ2) is 8.67. The van der Waals surface area contributed by atoms with Crippen molar-refractivity contribution in [1.82, 2.24) is 9.88 Å². The summed E-state index contributed by atoms with van der Waals surface area (Å²) in [4.78, 5) is 19.2. The van der Waals surface area contributed by atoms with Gasteiger partial charge in [-0.1, -0.05) is 64.1 Å². The van der Waals surface area contributed by atoms with E-state index in [1.165, 1.54) is 12.1 Å². The van der Waals surface area contributed by atoms with Crippen LogP contribution in [0, 0.1) is 10.8 Å². The molecule has 1 aliphatic carbocycles. The molecule has 2 bridgehead atoms. The number of hydrogen-bond acceptors (Lipinski definition) is 1. The average Bonchev–Trinajstić information content (AvgIpc) is 3.33. The van der Waals surface area contributed by atoms with Gasteiger partial charge in [0.2, 0.25) is 5.91 Å². The molecule has 36 heavy (non-hydrogen) atoms. The lowest BCUT2D eigenvalue weighted by molar-refractivity contribution is -0.139. The van der Waals surface area contributed by atoms with Crippen LogP contribution in [0.4, 0.5) is 13.2 Å². The van der Waals surface area contributed by atoms with Crippen LogP contribution in [0.2, 0.25) is 0 Å². The van der Waals surface area contributed by atoms with E-state index in [4.69, 9.17) is 0 Å². The first-order valence-electron chi connectivity index (χ1n) is 13.0. The maximum Gasteiger partial charge on any atom is 0.416 e. The number of H-pyrrole nitrogens is 1. The van der Waals surface area contributed by atoms with Gasteiger partial charge in [0.25, 0.3) is 0 Å². The van der Waals surface area contributed by atoms with Crippen LogP contribution >= 0.6 is 0 Å². The topological polar surface area (TPSA) is 36.1 Å². The number of aryl methyl sites for hydroxylation is 1. The maximum atomic E-state index is 14.1. The molecule has 1 N–H and O–H groups in total. The van der Waals surface area contributed by atoms with Gasteiger partial charge in [-0.15, -0.1) is 0 Å². The third kappa shape index (κ3) is 4.44. The summed E-state index contributed by atoms with van der Waals surface area (Å²) < 4.78 is 42.4. The molecule has 1 saturated heterocycles. The molecule has 1 aromatic heterocycles. The normalized spacial score (nSPS) is 24.3. The lowest BCUT2D eigenvalue weighted by atomic mass is 9.65. The fourth-order valence-electron chi connectivity index (χ4n) is 7.31. The first kappa shape index (κ1) is 24.9. The predicted molar refractivity (Wildman–Crippen MR) is 137 cm³/mol. The van der Waals surface area contributed by atoms with Crippen molar-refractivity contribution in [2.45, 2.75) is 77.9 Å². The number of fused-ring (bicyclic) bond motifs is 3. The molecule has 2 aromatic carbocycles. The lowest BCUT2D eigenvalue weighted by Crippen LogP contribution is -2.38. The Morgan fingerprint density at radius 1 is 1.08 bits per heavy atom. The SMILES string of the molecule is CCc1cccc2c(C(CC(=O)N3CC4(C)CC3CC(C)(C)C4)c3ccccc3C(F)(F)F)c[nH]c12. The van der Waals surface area contributed by atoms with Crippen molar-refractivity contribution in [1.29, 1.82) is 0 Å². The third-order valence-electron chi connectivity index (χ3n) is 8.35. The quantitative estimate of drug-likeness (QED) is 0.386. The molecule has 2 aliphatic rings. The summed E-state index contributed by atoms with van der Waals surface area (Å²) in [5.41, 5.74) is 2.51. The largest absolute Gasteiger partial charge is 0.416 e. The molecule has 0 radical (unpaired) electrons. The Morgan fingerprint density at radius 3 is 2.56 bits per heavy atom. The van der Waals surface area contributed by atoms with E-state index in [1.54, 1.807) is 6.07 Å². The van der Waals surface area contributed by atoms with Crippen molar-refractivity contribution in [3.8, 4) is 0 Å². The Hall–Kier alpha value is -2.76. The molecule has 1 saturated carbocycles. The minimum atomic E-state index is -4.50. The van der Waals surface area contributed by atoms with Gasteiger partial charge < -0.3 is 9.88 Å².